The van der Waals surface area contributed by atoms with Gasteiger partial charge in [-0.3, -0.25) is 0 Å². The Morgan fingerprint density at radius 3 is 1.69 bits per heavy atom. The zero-order valence-electron chi connectivity index (χ0n) is 35.9. The zero-order valence-corrected chi connectivity index (χ0v) is 35.9. The SMILES string of the molecule is CC1C=CC=CC1C1(c2ccccc2)c2ccccc2-c2cc(C(c3ccc(-c4ccccc4)cc3)c3ccc(-c4ccc5c(c4)c4ccccc4n5-c4ccccc4)cc3)ccc21. The lowest BCUT2D eigenvalue weighted by atomic mass is 9.60. The van der Waals surface area contributed by atoms with Gasteiger partial charge >= 0.3 is 0 Å². The fourth-order valence-electron chi connectivity index (χ4n) is 11.3. The smallest absolute Gasteiger partial charge is 0.0541 e. The van der Waals surface area contributed by atoms with Crippen molar-refractivity contribution in [1.82, 2.24) is 4.57 Å². The van der Waals surface area contributed by atoms with Gasteiger partial charge in [0.05, 0.1) is 16.4 Å². The van der Waals surface area contributed by atoms with Crippen LogP contribution < -0.4 is 0 Å². The Bertz CT molecular complexity index is 3370. The fraction of sp³-hybridized carbons (Fsp3) is 0.0794. The third kappa shape index (κ3) is 6.07. The van der Waals surface area contributed by atoms with E-state index < -0.39 is 0 Å². The molecule has 0 fully saturated rings. The van der Waals surface area contributed by atoms with Crippen LogP contribution in [0.5, 0.6) is 0 Å². The molecule has 1 heterocycles. The molecule has 0 radical (unpaired) electrons. The number of nitrogens with zero attached hydrogens (tertiary/aromatic N) is 1. The summed E-state index contributed by atoms with van der Waals surface area (Å²) < 4.78 is 2.38. The van der Waals surface area contributed by atoms with Crippen molar-refractivity contribution in [1.29, 1.82) is 0 Å². The standard InChI is InChI=1S/C63H47N/c1-43-17-11-14-26-57(43)63(51-20-7-3-8-21-51)58-27-15-12-24-53(58)55-42-50(37-39-59(55)63)62(47-33-29-45(30-34-47)44-18-5-2-6-19-44)48-35-31-46(32-36-48)49-38-40-61-56(41-49)54-25-13-16-28-60(54)64(61)52-22-9-4-10-23-52/h2-43,57,62H,1H3. The molecule has 10 aromatic rings. The van der Waals surface area contributed by atoms with Gasteiger partial charge < -0.3 is 4.57 Å². The predicted octanol–water partition coefficient (Wildman–Crippen LogP) is 16.0. The molecule has 0 bridgehead atoms. The molecule has 0 spiro atoms. The van der Waals surface area contributed by atoms with E-state index >= 15 is 0 Å². The molecule has 4 unspecified atom stereocenters. The molecule has 9 aromatic carbocycles. The monoisotopic (exact) mass is 817 g/mol. The second kappa shape index (κ2) is 15.6. The molecule has 1 heteroatoms. The molecule has 304 valence electrons. The van der Waals surface area contributed by atoms with Crippen molar-refractivity contribution in [2.75, 3.05) is 0 Å². The van der Waals surface area contributed by atoms with Crippen LogP contribution in [0.4, 0.5) is 0 Å². The summed E-state index contributed by atoms with van der Waals surface area (Å²) in [4.78, 5) is 0. The van der Waals surface area contributed by atoms with Crippen LogP contribution in [0.25, 0.3) is 60.9 Å². The first-order chi connectivity index (χ1) is 31.7. The molecule has 4 atom stereocenters. The van der Waals surface area contributed by atoms with Crippen LogP contribution in [0.1, 0.15) is 46.2 Å². The molecule has 64 heavy (non-hydrogen) atoms. The van der Waals surface area contributed by atoms with E-state index in [0.717, 1.165) is 0 Å². The highest BCUT2D eigenvalue weighted by atomic mass is 15.0. The van der Waals surface area contributed by atoms with Crippen molar-refractivity contribution in [3.63, 3.8) is 0 Å². The van der Waals surface area contributed by atoms with Crippen molar-refractivity contribution >= 4 is 21.8 Å². The number of aromatic nitrogens is 1. The summed E-state index contributed by atoms with van der Waals surface area (Å²) >= 11 is 0. The third-order valence-corrected chi connectivity index (χ3v) is 14.2. The summed E-state index contributed by atoms with van der Waals surface area (Å²) in [6.07, 6.45) is 9.30. The van der Waals surface area contributed by atoms with E-state index in [9.17, 15) is 0 Å². The van der Waals surface area contributed by atoms with Crippen LogP contribution in [-0.4, -0.2) is 4.57 Å². The highest BCUT2D eigenvalue weighted by molar-refractivity contribution is 6.10. The fourth-order valence-corrected chi connectivity index (χ4v) is 11.3. The Morgan fingerprint density at radius 2 is 0.953 bits per heavy atom. The van der Waals surface area contributed by atoms with E-state index in [-0.39, 0.29) is 17.3 Å². The molecular formula is C63H47N. The molecule has 0 saturated carbocycles. The summed E-state index contributed by atoms with van der Waals surface area (Å²) in [6.45, 7) is 2.38. The highest BCUT2D eigenvalue weighted by Gasteiger charge is 2.50. The Balaban J connectivity index is 0.996. The number of benzene rings is 9. The zero-order chi connectivity index (χ0) is 42.6. The summed E-state index contributed by atoms with van der Waals surface area (Å²) in [5.41, 5.74) is 18.8. The van der Waals surface area contributed by atoms with Crippen molar-refractivity contribution in [2.45, 2.75) is 18.3 Å². The van der Waals surface area contributed by atoms with E-state index in [1.807, 2.05) is 0 Å². The van der Waals surface area contributed by atoms with E-state index in [0.29, 0.717) is 5.92 Å². The van der Waals surface area contributed by atoms with Gasteiger partial charge in [0, 0.05) is 28.3 Å². The van der Waals surface area contributed by atoms with E-state index in [1.54, 1.807) is 0 Å². The average molecular weight is 818 g/mol. The molecule has 12 rings (SSSR count). The van der Waals surface area contributed by atoms with Crippen LogP contribution >= 0.6 is 0 Å². The molecule has 1 nitrogen and oxygen atoms in total. The number of hydrogen-bond acceptors (Lipinski definition) is 0. The predicted molar refractivity (Wildman–Crippen MR) is 268 cm³/mol. The minimum atomic E-state index is -0.324. The van der Waals surface area contributed by atoms with Crippen molar-refractivity contribution in [3.8, 4) is 39.1 Å². The van der Waals surface area contributed by atoms with Gasteiger partial charge in [-0.2, -0.15) is 0 Å². The highest BCUT2D eigenvalue weighted by Crippen LogP contribution is 2.59. The summed E-state index contributed by atoms with van der Waals surface area (Å²) in [5.74, 6) is 0.642. The largest absolute Gasteiger partial charge is 0.309 e. The van der Waals surface area contributed by atoms with Crippen molar-refractivity contribution in [2.24, 2.45) is 11.8 Å². The minimum absolute atomic E-state index is 0.0193. The summed E-state index contributed by atoms with van der Waals surface area (Å²) in [6, 6.07) is 83.6. The minimum Gasteiger partial charge on any atom is -0.309 e. The molecule has 2 aliphatic rings. The van der Waals surface area contributed by atoms with Gasteiger partial charge in [-0.15, -0.1) is 0 Å². The first kappa shape index (κ1) is 38.0. The topological polar surface area (TPSA) is 4.93 Å². The normalized spacial score (nSPS) is 18.0. The number of fused-ring (bicyclic) bond motifs is 6. The molecule has 0 aliphatic heterocycles. The average Bonchev–Trinajstić information content (AvgIpc) is 3.86. The number of allylic oxidation sites excluding steroid dienone is 4. The van der Waals surface area contributed by atoms with Gasteiger partial charge in [-0.05, 0) is 109 Å². The van der Waals surface area contributed by atoms with Crippen LogP contribution in [0.3, 0.4) is 0 Å². The molecule has 0 N–H and O–H groups in total. The maximum Gasteiger partial charge on any atom is 0.0541 e. The number of rotatable bonds is 8. The molecule has 1 aromatic heterocycles. The third-order valence-electron chi connectivity index (χ3n) is 14.2. The Labute approximate surface area is 376 Å². The van der Waals surface area contributed by atoms with Crippen LogP contribution in [0, 0.1) is 11.8 Å². The van der Waals surface area contributed by atoms with Crippen LogP contribution in [-0.2, 0) is 5.41 Å². The van der Waals surface area contributed by atoms with Gasteiger partial charge in [0.15, 0.2) is 0 Å². The first-order valence-electron chi connectivity index (χ1n) is 22.7. The quantitative estimate of drug-likeness (QED) is 0.135. The van der Waals surface area contributed by atoms with E-state index in [4.69, 9.17) is 0 Å². The Morgan fingerprint density at radius 1 is 0.406 bits per heavy atom. The Kier molecular flexibility index (Phi) is 9.23. The summed E-state index contributed by atoms with van der Waals surface area (Å²) in [5, 5.41) is 2.52. The van der Waals surface area contributed by atoms with Gasteiger partial charge in [0.2, 0.25) is 0 Å². The molecular weight excluding hydrogens is 771 g/mol. The lowest BCUT2D eigenvalue weighted by molar-refractivity contribution is 0.374. The first-order valence-corrected chi connectivity index (χ1v) is 22.7. The van der Waals surface area contributed by atoms with Gasteiger partial charge in [-0.25, -0.2) is 0 Å². The molecule has 2 aliphatic carbocycles. The second-order valence-electron chi connectivity index (χ2n) is 17.6. The second-order valence-corrected chi connectivity index (χ2v) is 17.6. The lowest BCUT2D eigenvalue weighted by Crippen LogP contribution is -2.38. The van der Waals surface area contributed by atoms with Crippen LogP contribution in [0.2, 0.25) is 0 Å². The van der Waals surface area contributed by atoms with Crippen LogP contribution in [0.15, 0.2) is 249 Å². The molecule has 0 amide bonds. The van der Waals surface area contributed by atoms with E-state index in [2.05, 4.69) is 260 Å². The van der Waals surface area contributed by atoms with Gasteiger partial charge in [-0.1, -0.05) is 219 Å². The van der Waals surface area contributed by atoms with E-state index in [1.165, 1.54) is 94.3 Å². The van der Waals surface area contributed by atoms with Gasteiger partial charge in [0.25, 0.3) is 0 Å². The summed E-state index contributed by atoms with van der Waals surface area (Å²) in [7, 11) is 0. The van der Waals surface area contributed by atoms with Crippen molar-refractivity contribution < 1.29 is 0 Å². The van der Waals surface area contributed by atoms with Crippen molar-refractivity contribution in [3.05, 3.63) is 282 Å². The molecule has 0 saturated heterocycles. The van der Waals surface area contributed by atoms with Gasteiger partial charge in [0.1, 0.15) is 0 Å². The number of hydrogen-bond donors (Lipinski definition) is 0. The maximum absolute atomic E-state index is 2.52. The maximum atomic E-state index is 2.52. The lowest BCUT2D eigenvalue weighted by Gasteiger charge is -2.42. The number of para-hydroxylation sites is 2. The Hall–Kier alpha value is -7.74.